The van der Waals surface area contributed by atoms with Gasteiger partial charge < -0.3 is 14.6 Å². The lowest BCUT2D eigenvalue weighted by atomic mass is 9.95. The maximum atomic E-state index is 13.9. The molecule has 0 saturated heterocycles. The lowest BCUT2D eigenvalue weighted by molar-refractivity contribution is -0.159. The molecule has 0 aliphatic rings. The molecule has 1 N–H and O–H groups in total. The molecule has 0 saturated carbocycles. The van der Waals surface area contributed by atoms with Gasteiger partial charge in [0.2, 0.25) is 0 Å². The number of halogens is 1. The first-order valence-corrected chi connectivity index (χ1v) is 6.89. The van der Waals surface area contributed by atoms with Gasteiger partial charge in [-0.15, -0.1) is 0 Å². The number of carbonyl (C=O) groups is 2. The van der Waals surface area contributed by atoms with Gasteiger partial charge >= 0.3 is 11.9 Å². The van der Waals surface area contributed by atoms with Crippen molar-refractivity contribution in [1.29, 1.82) is 0 Å². The van der Waals surface area contributed by atoms with Gasteiger partial charge in [0.05, 0.1) is 19.4 Å². The number of aliphatic carboxylic acids is 1. The van der Waals surface area contributed by atoms with Crippen molar-refractivity contribution in [2.75, 3.05) is 7.11 Å². The van der Waals surface area contributed by atoms with E-state index < -0.39 is 29.3 Å². The number of esters is 1. The highest BCUT2D eigenvalue weighted by Gasteiger charge is 2.26. The molecular weight excluding hydrogens is 291 g/mol. The first kappa shape index (κ1) is 17.9. The van der Waals surface area contributed by atoms with E-state index in [9.17, 15) is 19.1 Å². The number of methoxy groups -OCH3 is 1. The third-order valence-electron chi connectivity index (χ3n) is 2.91. The van der Waals surface area contributed by atoms with Crippen LogP contribution in [0, 0.1) is 11.7 Å². The van der Waals surface area contributed by atoms with E-state index in [1.807, 2.05) is 0 Å². The summed E-state index contributed by atoms with van der Waals surface area (Å²) in [5.74, 6) is -3.04. The van der Waals surface area contributed by atoms with Gasteiger partial charge in [0.1, 0.15) is 17.2 Å². The van der Waals surface area contributed by atoms with E-state index in [1.165, 1.54) is 19.2 Å². The van der Waals surface area contributed by atoms with E-state index >= 15 is 0 Å². The normalized spacial score (nSPS) is 12.6. The van der Waals surface area contributed by atoms with Crippen molar-refractivity contribution in [2.45, 2.75) is 39.2 Å². The van der Waals surface area contributed by atoms with Crippen LogP contribution in [-0.2, 0) is 20.7 Å². The van der Waals surface area contributed by atoms with Gasteiger partial charge in [-0.25, -0.2) is 4.39 Å². The Labute approximate surface area is 129 Å². The second kappa shape index (κ2) is 7.24. The second-order valence-electron chi connectivity index (χ2n) is 5.99. The molecule has 1 rings (SSSR count). The number of benzene rings is 1. The predicted octanol–water partition coefficient (Wildman–Crippen LogP) is 2.81. The summed E-state index contributed by atoms with van der Waals surface area (Å²) in [5, 5.41) is 9.22. The van der Waals surface area contributed by atoms with Crippen LogP contribution < -0.4 is 4.74 Å². The van der Waals surface area contributed by atoms with E-state index in [4.69, 9.17) is 9.47 Å². The molecule has 1 atom stereocenters. The number of hydrogen-bond donors (Lipinski definition) is 1. The zero-order valence-corrected chi connectivity index (χ0v) is 13.2. The van der Waals surface area contributed by atoms with Crippen LogP contribution in [0.3, 0.4) is 0 Å². The molecule has 0 spiro atoms. The molecule has 122 valence electrons. The summed E-state index contributed by atoms with van der Waals surface area (Å²) < 4.78 is 23.9. The summed E-state index contributed by atoms with van der Waals surface area (Å²) in [4.78, 5) is 23.0. The maximum absolute atomic E-state index is 13.9. The summed E-state index contributed by atoms with van der Waals surface area (Å²) in [6.07, 6.45) is -0.400. The Morgan fingerprint density at radius 2 is 1.95 bits per heavy atom. The van der Waals surface area contributed by atoms with Crippen LogP contribution >= 0.6 is 0 Å². The highest BCUT2D eigenvalue weighted by atomic mass is 19.1. The average molecular weight is 312 g/mol. The van der Waals surface area contributed by atoms with Crippen LogP contribution in [0.15, 0.2) is 18.2 Å². The average Bonchev–Trinajstić information content (AvgIpc) is 2.37. The molecule has 1 unspecified atom stereocenters. The SMILES string of the molecule is COc1ccc(CC(CC(=O)OC(C)(C)C)C(=O)O)c(F)c1. The molecule has 0 aliphatic carbocycles. The summed E-state index contributed by atoms with van der Waals surface area (Å²) >= 11 is 0. The lowest BCUT2D eigenvalue weighted by Gasteiger charge is -2.21. The number of hydrogen-bond acceptors (Lipinski definition) is 4. The number of carbonyl (C=O) groups excluding carboxylic acids is 1. The van der Waals surface area contributed by atoms with Crippen LogP contribution in [0.4, 0.5) is 4.39 Å². The lowest BCUT2D eigenvalue weighted by Crippen LogP contribution is -2.28. The molecule has 5 nitrogen and oxygen atoms in total. The molecule has 0 aromatic heterocycles. The summed E-state index contributed by atoms with van der Waals surface area (Å²) in [5.41, 5.74) is -0.470. The van der Waals surface area contributed by atoms with Crippen LogP contribution in [0.25, 0.3) is 0 Å². The van der Waals surface area contributed by atoms with Crippen LogP contribution in [-0.4, -0.2) is 29.8 Å². The molecule has 0 amide bonds. The highest BCUT2D eigenvalue weighted by Crippen LogP contribution is 2.21. The van der Waals surface area contributed by atoms with Crippen LogP contribution in [0.1, 0.15) is 32.8 Å². The Kier molecular flexibility index (Phi) is 5.91. The van der Waals surface area contributed by atoms with Gasteiger partial charge in [-0.3, -0.25) is 9.59 Å². The van der Waals surface area contributed by atoms with Crippen molar-refractivity contribution in [2.24, 2.45) is 5.92 Å². The number of carboxylic acid groups (broad SMARTS) is 1. The fraction of sp³-hybridized carbons (Fsp3) is 0.500. The maximum Gasteiger partial charge on any atom is 0.307 e. The van der Waals surface area contributed by atoms with E-state index in [0.29, 0.717) is 5.75 Å². The molecule has 6 heteroatoms. The first-order valence-electron chi connectivity index (χ1n) is 6.89. The van der Waals surface area contributed by atoms with Gasteiger partial charge in [0, 0.05) is 6.07 Å². The van der Waals surface area contributed by atoms with E-state index in [-0.39, 0.29) is 18.4 Å². The Hall–Kier alpha value is -2.11. The fourth-order valence-electron chi connectivity index (χ4n) is 1.92. The van der Waals surface area contributed by atoms with Crippen molar-refractivity contribution in [3.63, 3.8) is 0 Å². The Bertz CT molecular complexity index is 548. The number of rotatable bonds is 6. The summed E-state index contributed by atoms with van der Waals surface area (Å²) in [7, 11) is 1.41. The molecule has 0 aliphatic heterocycles. The molecule has 0 heterocycles. The van der Waals surface area contributed by atoms with E-state index in [1.54, 1.807) is 26.8 Å². The van der Waals surface area contributed by atoms with Gasteiger partial charge in [0.25, 0.3) is 0 Å². The largest absolute Gasteiger partial charge is 0.497 e. The Balaban J connectivity index is 2.81. The zero-order chi connectivity index (χ0) is 16.9. The van der Waals surface area contributed by atoms with Crippen molar-refractivity contribution in [3.8, 4) is 5.75 Å². The quantitative estimate of drug-likeness (QED) is 0.818. The van der Waals surface area contributed by atoms with Gasteiger partial charge in [-0.2, -0.15) is 0 Å². The van der Waals surface area contributed by atoms with Gasteiger partial charge in [-0.05, 0) is 38.8 Å². The molecule has 0 bridgehead atoms. The smallest absolute Gasteiger partial charge is 0.307 e. The molecule has 22 heavy (non-hydrogen) atoms. The number of carboxylic acids is 1. The van der Waals surface area contributed by atoms with Crippen molar-refractivity contribution >= 4 is 11.9 Å². The monoisotopic (exact) mass is 312 g/mol. The number of ether oxygens (including phenoxy) is 2. The minimum atomic E-state index is -1.17. The minimum Gasteiger partial charge on any atom is -0.497 e. The van der Waals surface area contributed by atoms with Crippen molar-refractivity contribution in [1.82, 2.24) is 0 Å². The Morgan fingerprint density at radius 3 is 2.41 bits per heavy atom. The topological polar surface area (TPSA) is 72.8 Å². The second-order valence-corrected chi connectivity index (χ2v) is 5.99. The minimum absolute atomic E-state index is 0.0929. The van der Waals surface area contributed by atoms with E-state index in [2.05, 4.69) is 0 Å². The molecule has 0 fully saturated rings. The summed E-state index contributed by atoms with van der Waals surface area (Å²) in [6, 6.07) is 4.19. The fourth-order valence-corrected chi connectivity index (χ4v) is 1.92. The molecule has 1 aromatic carbocycles. The predicted molar refractivity (Wildman–Crippen MR) is 78.2 cm³/mol. The van der Waals surface area contributed by atoms with E-state index in [0.717, 1.165) is 0 Å². The first-order chi connectivity index (χ1) is 10.1. The van der Waals surface area contributed by atoms with Crippen LogP contribution in [0.5, 0.6) is 5.75 Å². The van der Waals surface area contributed by atoms with Crippen molar-refractivity contribution < 1.29 is 28.6 Å². The standard InChI is InChI=1S/C16H21FO5/c1-16(2,3)22-14(18)8-11(15(19)20)7-10-5-6-12(21-4)9-13(10)17/h5-6,9,11H,7-8H2,1-4H3,(H,19,20). The Morgan fingerprint density at radius 1 is 1.32 bits per heavy atom. The van der Waals surface area contributed by atoms with Gasteiger partial charge in [0.15, 0.2) is 0 Å². The van der Waals surface area contributed by atoms with Crippen molar-refractivity contribution in [3.05, 3.63) is 29.6 Å². The molecule has 0 radical (unpaired) electrons. The zero-order valence-electron chi connectivity index (χ0n) is 13.2. The third kappa shape index (κ3) is 5.71. The summed E-state index contributed by atoms with van der Waals surface area (Å²) in [6.45, 7) is 5.09. The molecule has 1 aromatic rings. The third-order valence-corrected chi connectivity index (χ3v) is 2.91. The van der Waals surface area contributed by atoms with Gasteiger partial charge in [-0.1, -0.05) is 6.07 Å². The van der Waals surface area contributed by atoms with Crippen LogP contribution in [0.2, 0.25) is 0 Å². The molecular formula is C16H21FO5. The highest BCUT2D eigenvalue weighted by molar-refractivity contribution is 5.79.